The van der Waals surface area contributed by atoms with Crippen LogP contribution in [0.3, 0.4) is 0 Å². The average Bonchev–Trinajstić information content (AvgIpc) is 2.83. The summed E-state index contributed by atoms with van der Waals surface area (Å²) in [6, 6.07) is 8.66. The van der Waals surface area contributed by atoms with Gasteiger partial charge >= 0.3 is 6.18 Å². The molecule has 1 N–H and O–H groups in total. The number of carbonyl (C=O) groups excluding carboxylic acids is 1. The highest BCUT2D eigenvalue weighted by atomic mass is 19.4. The van der Waals surface area contributed by atoms with E-state index in [4.69, 9.17) is 4.42 Å². The molecule has 106 valence electrons. The number of carbonyl (C=O) groups is 1. The second kappa shape index (κ2) is 4.79. The van der Waals surface area contributed by atoms with Gasteiger partial charge in [-0.2, -0.15) is 13.2 Å². The number of halogens is 3. The Morgan fingerprint density at radius 2 is 1.70 bits per heavy atom. The number of aryl methyl sites for hydroxylation is 1. The molecule has 0 aliphatic carbocycles. The summed E-state index contributed by atoms with van der Waals surface area (Å²) in [5.74, 6) is -1.79. The minimum atomic E-state index is -5.16. The molecule has 3 nitrogen and oxygen atoms in total. The third kappa shape index (κ3) is 2.22. The first-order chi connectivity index (χ1) is 9.26. The molecule has 2 aromatic rings. The summed E-state index contributed by atoms with van der Waals surface area (Å²) in [5.41, 5.74) is -4.18. The highest BCUT2D eigenvalue weighted by molar-refractivity contribution is 6.01. The number of ketones is 1. The zero-order valence-electron chi connectivity index (χ0n) is 10.4. The highest BCUT2D eigenvalue weighted by Crippen LogP contribution is 2.41. The van der Waals surface area contributed by atoms with Crippen LogP contribution < -0.4 is 0 Å². The van der Waals surface area contributed by atoms with Crippen LogP contribution in [-0.2, 0) is 5.60 Å². The van der Waals surface area contributed by atoms with Gasteiger partial charge in [-0.1, -0.05) is 30.3 Å². The summed E-state index contributed by atoms with van der Waals surface area (Å²) in [7, 11) is 0. The van der Waals surface area contributed by atoms with Crippen molar-refractivity contribution in [3.05, 3.63) is 59.5 Å². The van der Waals surface area contributed by atoms with E-state index in [1.54, 1.807) is 0 Å². The summed E-state index contributed by atoms with van der Waals surface area (Å²) in [6.45, 7) is 1.49. The number of benzene rings is 1. The van der Waals surface area contributed by atoms with Crippen LogP contribution in [0.1, 0.15) is 21.9 Å². The maximum Gasteiger partial charge on any atom is 0.429 e. The Hall–Kier alpha value is -2.08. The van der Waals surface area contributed by atoms with E-state index in [0.29, 0.717) is 0 Å². The highest BCUT2D eigenvalue weighted by Gasteiger charge is 2.61. The van der Waals surface area contributed by atoms with Crippen molar-refractivity contribution in [1.29, 1.82) is 0 Å². The fourth-order valence-electron chi connectivity index (χ4n) is 1.84. The zero-order valence-corrected chi connectivity index (χ0v) is 10.4. The van der Waals surface area contributed by atoms with Crippen molar-refractivity contribution in [3.8, 4) is 0 Å². The van der Waals surface area contributed by atoms with Crippen molar-refractivity contribution < 1.29 is 27.5 Å². The van der Waals surface area contributed by atoms with Crippen molar-refractivity contribution in [2.24, 2.45) is 0 Å². The number of furan rings is 1. The second-order valence-corrected chi connectivity index (χ2v) is 4.31. The molecule has 6 heteroatoms. The van der Waals surface area contributed by atoms with E-state index in [1.165, 1.54) is 31.2 Å². The van der Waals surface area contributed by atoms with E-state index < -0.39 is 28.9 Å². The maximum absolute atomic E-state index is 13.2. The fraction of sp³-hybridized carbons (Fsp3) is 0.214. The third-order valence-corrected chi connectivity index (χ3v) is 2.89. The number of alkyl halides is 3. The Kier molecular flexibility index (Phi) is 3.43. The molecular weight excluding hydrogens is 273 g/mol. The molecule has 0 spiro atoms. The molecule has 2 rings (SSSR count). The molecule has 0 radical (unpaired) electrons. The van der Waals surface area contributed by atoms with E-state index in [9.17, 15) is 23.1 Å². The number of rotatable bonds is 3. The van der Waals surface area contributed by atoms with Crippen LogP contribution in [0.2, 0.25) is 0 Å². The molecule has 1 aromatic carbocycles. The first-order valence-corrected chi connectivity index (χ1v) is 5.72. The molecule has 1 heterocycles. The smallest absolute Gasteiger partial charge is 0.429 e. The summed E-state index contributed by atoms with van der Waals surface area (Å²) >= 11 is 0. The lowest BCUT2D eigenvalue weighted by Crippen LogP contribution is -2.49. The lowest BCUT2D eigenvalue weighted by molar-refractivity contribution is -0.242. The van der Waals surface area contributed by atoms with Crippen molar-refractivity contribution in [2.45, 2.75) is 18.7 Å². The van der Waals surface area contributed by atoms with Gasteiger partial charge in [0.05, 0.1) is 0 Å². The largest absolute Gasteiger partial charge is 0.458 e. The molecule has 0 amide bonds. The SMILES string of the molecule is Cc1ccc(C(=O)[C@@](O)(c2ccccc2)C(F)(F)F)o1. The average molecular weight is 284 g/mol. The molecule has 0 saturated carbocycles. The van der Waals surface area contributed by atoms with Gasteiger partial charge in [0.2, 0.25) is 5.78 Å². The van der Waals surface area contributed by atoms with Crippen molar-refractivity contribution in [2.75, 3.05) is 0 Å². The first kappa shape index (κ1) is 14.3. The fourth-order valence-corrected chi connectivity index (χ4v) is 1.84. The van der Waals surface area contributed by atoms with E-state index >= 15 is 0 Å². The van der Waals surface area contributed by atoms with Gasteiger partial charge in [0.25, 0.3) is 5.60 Å². The van der Waals surface area contributed by atoms with Crippen LogP contribution in [0, 0.1) is 6.92 Å². The molecule has 20 heavy (non-hydrogen) atoms. The summed E-state index contributed by atoms with van der Waals surface area (Å²) in [5, 5.41) is 10.0. The number of hydrogen-bond donors (Lipinski definition) is 1. The van der Waals surface area contributed by atoms with Crippen LogP contribution in [0.5, 0.6) is 0 Å². The lowest BCUT2D eigenvalue weighted by atomic mass is 9.87. The summed E-state index contributed by atoms with van der Waals surface area (Å²) in [4.78, 5) is 12.1. The Bertz CT molecular complexity index is 616. The molecule has 0 bridgehead atoms. The Balaban J connectivity index is 2.57. The summed E-state index contributed by atoms with van der Waals surface area (Å²) < 4.78 is 44.6. The molecule has 0 aliphatic heterocycles. The van der Waals surface area contributed by atoms with Gasteiger partial charge < -0.3 is 9.52 Å². The van der Waals surface area contributed by atoms with Crippen molar-refractivity contribution in [1.82, 2.24) is 0 Å². The van der Waals surface area contributed by atoms with Crippen molar-refractivity contribution in [3.63, 3.8) is 0 Å². The monoisotopic (exact) mass is 284 g/mol. The van der Waals surface area contributed by atoms with Gasteiger partial charge in [-0.3, -0.25) is 4.79 Å². The molecule has 0 aliphatic rings. The molecule has 0 unspecified atom stereocenters. The van der Waals surface area contributed by atoms with Crippen molar-refractivity contribution >= 4 is 5.78 Å². The lowest BCUT2D eigenvalue weighted by Gasteiger charge is -2.28. The van der Waals surface area contributed by atoms with Crippen LogP contribution in [0.4, 0.5) is 13.2 Å². The number of aliphatic hydroxyl groups is 1. The van der Waals surface area contributed by atoms with Gasteiger partial charge in [0.15, 0.2) is 5.76 Å². The third-order valence-electron chi connectivity index (χ3n) is 2.89. The standard InChI is InChI=1S/C14H11F3O3/c1-9-7-8-11(20-9)12(18)13(19,14(15,16)17)10-5-3-2-4-6-10/h2-8,19H,1H3/t13-/m0/s1. The topological polar surface area (TPSA) is 50.4 Å². The normalized spacial score (nSPS) is 14.8. The van der Waals surface area contributed by atoms with E-state index in [-0.39, 0.29) is 5.76 Å². The number of hydrogen-bond acceptors (Lipinski definition) is 3. The van der Waals surface area contributed by atoms with Crippen LogP contribution in [0.15, 0.2) is 46.9 Å². The molecule has 1 aromatic heterocycles. The molecule has 0 saturated heterocycles. The van der Waals surface area contributed by atoms with E-state index in [2.05, 4.69) is 0 Å². The molecular formula is C14H11F3O3. The Morgan fingerprint density at radius 1 is 1.10 bits per heavy atom. The van der Waals surface area contributed by atoms with Gasteiger partial charge in [-0.25, -0.2) is 0 Å². The number of Topliss-reactive ketones (excluding diaryl/α,β-unsaturated/α-hetero) is 1. The predicted molar refractivity (Wildman–Crippen MR) is 64.2 cm³/mol. The van der Waals surface area contributed by atoms with E-state index in [0.717, 1.165) is 18.2 Å². The Morgan fingerprint density at radius 3 is 2.15 bits per heavy atom. The summed E-state index contributed by atoms with van der Waals surface area (Å²) in [6.07, 6.45) is -5.16. The van der Waals surface area contributed by atoms with E-state index in [1.807, 2.05) is 0 Å². The minimum absolute atomic E-state index is 0.283. The van der Waals surface area contributed by atoms with Gasteiger partial charge in [0.1, 0.15) is 5.76 Å². The quantitative estimate of drug-likeness (QED) is 0.880. The van der Waals surface area contributed by atoms with Gasteiger partial charge in [-0.15, -0.1) is 0 Å². The minimum Gasteiger partial charge on any atom is -0.458 e. The van der Waals surface area contributed by atoms with Crippen LogP contribution >= 0.6 is 0 Å². The zero-order chi connectivity index (χ0) is 15.0. The molecule has 1 atom stereocenters. The van der Waals surface area contributed by atoms with Crippen LogP contribution in [-0.4, -0.2) is 17.1 Å². The van der Waals surface area contributed by atoms with Gasteiger partial charge in [0, 0.05) is 5.56 Å². The maximum atomic E-state index is 13.2. The second-order valence-electron chi connectivity index (χ2n) is 4.31. The van der Waals surface area contributed by atoms with Gasteiger partial charge in [-0.05, 0) is 19.1 Å². The van der Waals surface area contributed by atoms with Crippen LogP contribution in [0.25, 0.3) is 0 Å². The Labute approximate surface area is 112 Å². The first-order valence-electron chi connectivity index (χ1n) is 5.72. The predicted octanol–water partition coefficient (Wildman–Crippen LogP) is 3.22. The molecule has 0 fully saturated rings.